The van der Waals surface area contributed by atoms with Crippen LogP contribution < -0.4 is 16.0 Å². The zero-order valence-corrected chi connectivity index (χ0v) is 17.6. The number of thioether (sulfide) groups is 1. The summed E-state index contributed by atoms with van der Waals surface area (Å²) in [5, 5.41) is 6.83. The zero-order valence-electron chi connectivity index (χ0n) is 16.8. The Balaban J connectivity index is 1.36. The second-order valence-electron chi connectivity index (χ2n) is 6.53. The normalized spacial score (nSPS) is 14.5. The minimum absolute atomic E-state index is 0.00961. The fourth-order valence-corrected chi connectivity index (χ4v) is 3.52. The number of imide groups is 1. The maximum Gasteiger partial charge on any atom is 0.293 e. The van der Waals surface area contributed by atoms with Gasteiger partial charge in [0.25, 0.3) is 17.1 Å². The number of benzene rings is 1. The van der Waals surface area contributed by atoms with Crippen molar-refractivity contribution in [2.75, 3.05) is 26.2 Å². The Hall–Kier alpha value is -3.86. The summed E-state index contributed by atoms with van der Waals surface area (Å²) in [6.07, 6.45) is 2.98. The third-order valence-electron chi connectivity index (χ3n) is 4.23. The molecule has 0 atom stereocenters. The molecule has 3 rings (SSSR count). The van der Waals surface area contributed by atoms with E-state index < -0.39 is 28.9 Å². The lowest BCUT2D eigenvalue weighted by Crippen LogP contribution is -2.43. The molecule has 0 radical (unpaired) electrons. The number of nitrogens with zero attached hydrogens (tertiary/aromatic N) is 1. The fourth-order valence-electron chi connectivity index (χ4n) is 2.66. The van der Waals surface area contributed by atoms with Crippen LogP contribution in [0, 0.1) is 0 Å². The summed E-state index contributed by atoms with van der Waals surface area (Å²) in [6.45, 7) is -0.584. The predicted molar refractivity (Wildman–Crippen MR) is 116 cm³/mol. The van der Waals surface area contributed by atoms with Gasteiger partial charge in [0.05, 0.1) is 24.3 Å². The standard InChI is InChI=1S/C21H20N4O6S/c26-17(12-23-18(27)13-24-19(28)15-7-4-10-31-15)22-8-9-25-20(29)16(32-21(25)30)11-14-5-2-1-3-6-14/h1-7,10-11H,8-9,12-13H2,(H,22,26)(H,23,27)(H,24,28)/b16-11-. The van der Waals surface area contributed by atoms with Crippen LogP contribution >= 0.6 is 11.8 Å². The van der Waals surface area contributed by atoms with Gasteiger partial charge >= 0.3 is 0 Å². The Labute approximate surface area is 187 Å². The monoisotopic (exact) mass is 456 g/mol. The largest absolute Gasteiger partial charge is 0.459 e. The van der Waals surface area contributed by atoms with Crippen LogP contribution in [0.2, 0.25) is 0 Å². The van der Waals surface area contributed by atoms with Gasteiger partial charge in [0.15, 0.2) is 5.76 Å². The van der Waals surface area contributed by atoms with Gasteiger partial charge < -0.3 is 20.4 Å². The first-order chi connectivity index (χ1) is 15.4. The van der Waals surface area contributed by atoms with Gasteiger partial charge in [-0.1, -0.05) is 30.3 Å². The average Bonchev–Trinajstić information content (AvgIpc) is 3.41. The van der Waals surface area contributed by atoms with Crippen LogP contribution in [0.4, 0.5) is 4.79 Å². The number of nitrogens with one attached hydrogen (secondary N) is 3. The van der Waals surface area contributed by atoms with Crippen LogP contribution in [0.5, 0.6) is 0 Å². The van der Waals surface area contributed by atoms with Gasteiger partial charge in [-0.05, 0) is 35.5 Å². The molecular weight excluding hydrogens is 436 g/mol. The molecule has 3 N–H and O–H groups in total. The summed E-state index contributed by atoms with van der Waals surface area (Å²) in [6, 6.07) is 12.2. The third kappa shape index (κ3) is 6.32. The van der Waals surface area contributed by atoms with Crippen LogP contribution in [0.25, 0.3) is 6.08 Å². The summed E-state index contributed by atoms with van der Waals surface area (Å²) in [7, 11) is 0. The molecule has 11 heteroatoms. The van der Waals surface area contributed by atoms with E-state index in [9.17, 15) is 24.0 Å². The highest BCUT2D eigenvalue weighted by Crippen LogP contribution is 2.31. The molecule has 5 amide bonds. The van der Waals surface area contributed by atoms with E-state index in [-0.39, 0.29) is 31.9 Å². The number of amides is 5. The molecular formula is C21H20N4O6S. The number of hydrogen-bond acceptors (Lipinski definition) is 7. The Bertz CT molecular complexity index is 1040. The molecule has 0 aliphatic carbocycles. The molecule has 1 saturated heterocycles. The van der Waals surface area contributed by atoms with Crippen LogP contribution in [-0.2, 0) is 14.4 Å². The number of carbonyl (C=O) groups excluding carboxylic acids is 5. The first-order valence-electron chi connectivity index (χ1n) is 9.59. The van der Waals surface area contributed by atoms with Crippen molar-refractivity contribution in [2.24, 2.45) is 0 Å². The SMILES string of the molecule is O=C(CNC(=O)CNC(=O)c1ccco1)NCCN1C(=O)S/C(=C\c2ccccc2)C1=O. The lowest BCUT2D eigenvalue weighted by molar-refractivity contribution is -0.126. The number of furan rings is 1. The van der Waals surface area contributed by atoms with Gasteiger partial charge in [0.1, 0.15) is 0 Å². The minimum atomic E-state index is -0.558. The highest BCUT2D eigenvalue weighted by atomic mass is 32.2. The molecule has 166 valence electrons. The smallest absolute Gasteiger partial charge is 0.293 e. The van der Waals surface area contributed by atoms with E-state index in [0.29, 0.717) is 4.91 Å². The Morgan fingerprint density at radius 1 is 0.938 bits per heavy atom. The van der Waals surface area contributed by atoms with Crippen LogP contribution in [-0.4, -0.2) is 59.9 Å². The van der Waals surface area contributed by atoms with E-state index in [1.54, 1.807) is 12.1 Å². The highest BCUT2D eigenvalue weighted by Gasteiger charge is 2.34. The third-order valence-corrected chi connectivity index (χ3v) is 5.14. The fraction of sp³-hybridized carbons (Fsp3) is 0.190. The van der Waals surface area contributed by atoms with Crippen LogP contribution in [0.15, 0.2) is 58.1 Å². The maximum absolute atomic E-state index is 12.4. The second-order valence-corrected chi connectivity index (χ2v) is 7.52. The molecule has 1 aromatic carbocycles. The van der Waals surface area contributed by atoms with Crippen molar-refractivity contribution in [1.82, 2.24) is 20.9 Å². The van der Waals surface area contributed by atoms with Gasteiger partial charge in [-0.25, -0.2) is 0 Å². The predicted octanol–water partition coefficient (Wildman–Crippen LogP) is 0.978. The molecule has 0 bridgehead atoms. The van der Waals surface area contributed by atoms with Crippen molar-refractivity contribution >= 4 is 46.7 Å². The van der Waals surface area contributed by atoms with Crippen LogP contribution in [0.1, 0.15) is 16.1 Å². The van der Waals surface area contributed by atoms with E-state index in [0.717, 1.165) is 22.2 Å². The van der Waals surface area contributed by atoms with Gasteiger partial charge in [-0.3, -0.25) is 28.9 Å². The Kier molecular flexibility index (Phi) is 7.81. The first-order valence-corrected chi connectivity index (χ1v) is 10.4. The summed E-state index contributed by atoms with van der Waals surface area (Å²) in [5.41, 5.74) is 0.808. The molecule has 1 aromatic heterocycles. The van der Waals surface area contributed by atoms with E-state index in [1.807, 2.05) is 30.3 Å². The average molecular weight is 456 g/mol. The number of carbonyl (C=O) groups is 5. The molecule has 0 unspecified atom stereocenters. The molecule has 1 fully saturated rings. The van der Waals surface area contributed by atoms with E-state index in [2.05, 4.69) is 16.0 Å². The van der Waals surface area contributed by atoms with Crippen molar-refractivity contribution < 1.29 is 28.4 Å². The van der Waals surface area contributed by atoms with Crippen molar-refractivity contribution in [3.8, 4) is 0 Å². The van der Waals surface area contributed by atoms with E-state index in [1.165, 1.54) is 12.3 Å². The van der Waals surface area contributed by atoms with Crippen molar-refractivity contribution in [1.29, 1.82) is 0 Å². The lowest BCUT2D eigenvalue weighted by Gasteiger charge is -2.13. The molecule has 2 heterocycles. The van der Waals surface area contributed by atoms with Gasteiger partial charge in [0, 0.05) is 13.1 Å². The summed E-state index contributed by atoms with van der Waals surface area (Å²) in [5.74, 6) is -1.95. The van der Waals surface area contributed by atoms with Crippen molar-refractivity contribution in [3.63, 3.8) is 0 Å². The maximum atomic E-state index is 12.4. The number of rotatable bonds is 9. The quantitative estimate of drug-likeness (QED) is 0.478. The van der Waals surface area contributed by atoms with Crippen molar-refractivity contribution in [2.45, 2.75) is 0 Å². The molecule has 2 aromatic rings. The van der Waals surface area contributed by atoms with Crippen LogP contribution in [0.3, 0.4) is 0 Å². The van der Waals surface area contributed by atoms with Gasteiger partial charge in [-0.2, -0.15) is 0 Å². The highest BCUT2D eigenvalue weighted by molar-refractivity contribution is 8.18. The molecule has 10 nitrogen and oxygen atoms in total. The lowest BCUT2D eigenvalue weighted by atomic mass is 10.2. The second kappa shape index (κ2) is 11.0. The molecule has 0 spiro atoms. The topological polar surface area (TPSA) is 138 Å². The minimum Gasteiger partial charge on any atom is -0.459 e. The Morgan fingerprint density at radius 2 is 1.66 bits per heavy atom. The van der Waals surface area contributed by atoms with E-state index in [4.69, 9.17) is 4.42 Å². The molecule has 1 aliphatic rings. The molecule has 1 aliphatic heterocycles. The van der Waals surface area contributed by atoms with Gasteiger partial charge in [0.2, 0.25) is 11.8 Å². The Morgan fingerprint density at radius 3 is 2.38 bits per heavy atom. The molecule has 0 saturated carbocycles. The van der Waals surface area contributed by atoms with Crippen molar-refractivity contribution in [3.05, 3.63) is 65.0 Å². The summed E-state index contributed by atoms with van der Waals surface area (Å²) < 4.78 is 4.90. The van der Waals surface area contributed by atoms with E-state index >= 15 is 0 Å². The summed E-state index contributed by atoms with van der Waals surface area (Å²) >= 11 is 0.844. The summed E-state index contributed by atoms with van der Waals surface area (Å²) in [4.78, 5) is 61.2. The zero-order chi connectivity index (χ0) is 22.9. The van der Waals surface area contributed by atoms with Gasteiger partial charge in [-0.15, -0.1) is 0 Å². The number of hydrogen-bond donors (Lipinski definition) is 3. The first kappa shape index (κ1) is 22.8. The molecule has 32 heavy (non-hydrogen) atoms.